The molecular weight excluding hydrogens is 416 g/mol. The lowest BCUT2D eigenvalue weighted by molar-refractivity contribution is -0.152. The molecule has 168 valence electrons. The van der Waals surface area contributed by atoms with Crippen LogP contribution in [0, 0.1) is 0 Å². The van der Waals surface area contributed by atoms with E-state index in [1.807, 2.05) is 66.4 Å². The molecule has 0 heterocycles. The highest BCUT2D eigenvalue weighted by atomic mass is 32.2. The van der Waals surface area contributed by atoms with Crippen LogP contribution in [-0.2, 0) is 16.1 Å². The Balaban J connectivity index is 1.47. The van der Waals surface area contributed by atoms with Crippen molar-refractivity contribution in [2.45, 2.75) is 57.1 Å². The summed E-state index contributed by atoms with van der Waals surface area (Å²) in [7, 11) is 0. The minimum absolute atomic E-state index is 0.249. The van der Waals surface area contributed by atoms with Gasteiger partial charge in [0.15, 0.2) is 6.10 Å². The Morgan fingerprint density at radius 2 is 1.50 bits per heavy atom. The first-order valence-electron chi connectivity index (χ1n) is 11.4. The number of carbonyl (C=O) groups excluding carboxylic acids is 1. The number of hydrogen-bond acceptors (Lipinski definition) is 4. The van der Waals surface area contributed by atoms with Crippen LogP contribution in [-0.4, -0.2) is 17.8 Å². The zero-order valence-electron chi connectivity index (χ0n) is 19.0. The lowest BCUT2D eigenvalue weighted by Gasteiger charge is -2.14. The van der Waals surface area contributed by atoms with Crippen molar-refractivity contribution < 1.29 is 14.3 Å². The number of benzene rings is 3. The minimum atomic E-state index is -0.668. The molecule has 0 fully saturated rings. The highest BCUT2D eigenvalue weighted by Crippen LogP contribution is 2.27. The molecule has 0 N–H and O–H groups in total. The van der Waals surface area contributed by atoms with Crippen LogP contribution in [0.15, 0.2) is 83.8 Å². The van der Waals surface area contributed by atoms with Gasteiger partial charge in [0.2, 0.25) is 0 Å². The van der Waals surface area contributed by atoms with Gasteiger partial charge in [-0.25, -0.2) is 4.79 Å². The molecule has 0 aliphatic heterocycles. The third-order valence-electron chi connectivity index (χ3n) is 5.18. The maximum atomic E-state index is 12.2. The Kier molecular flexibility index (Phi) is 9.70. The Morgan fingerprint density at radius 3 is 2.16 bits per heavy atom. The van der Waals surface area contributed by atoms with E-state index in [1.165, 1.54) is 41.9 Å². The second-order valence-electron chi connectivity index (χ2n) is 7.81. The molecule has 0 aromatic heterocycles. The Labute approximate surface area is 196 Å². The van der Waals surface area contributed by atoms with E-state index in [4.69, 9.17) is 9.47 Å². The molecular formula is C28H32O3S. The molecule has 3 aromatic rings. The molecule has 3 aromatic carbocycles. The van der Waals surface area contributed by atoms with Gasteiger partial charge in [0.05, 0.1) is 0 Å². The highest BCUT2D eigenvalue weighted by Gasteiger charge is 2.16. The van der Waals surface area contributed by atoms with Crippen LogP contribution in [0.2, 0.25) is 0 Å². The first-order chi connectivity index (χ1) is 15.7. The van der Waals surface area contributed by atoms with Crippen LogP contribution in [0.1, 0.15) is 45.1 Å². The van der Waals surface area contributed by atoms with Gasteiger partial charge in [0, 0.05) is 4.90 Å². The molecule has 0 unspecified atom stereocenters. The van der Waals surface area contributed by atoms with Gasteiger partial charge >= 0.3 is 5.97 Å². The first kappa shape index (κ1) is 23.9. The van der Waals surface area contributed by atoms with Gasteiger partial charge < -0.3 is 9.47 Å². The SMILES string of the molecule is CCCCCCSc1ccc(-c2ccc(O[C@H](C)C(=O)OCc3ccccc3)cc2)cc1. The number of thioether (sulfide) groups is 1. The van der Waals surface area contributed by atoms with Gasteiger partial charge in [-0.1, -0.05) is 80.8 Å². The Morgan fingerprint density at radius 1 is 0.844 bits per heavy atom. The fraction of sp³-hybridized carbons (Fsp3) is 0.321. The van der Waals surface area contributed by atoms with E-state index in [2.05, 4.69) is 31.2 Å². The van der Waals surface area contributed by atoms with E-state index in [0.29, 0.717) is 5.75 Å². The second-order valence-corrected chi connectivity index (χ2v) is 8.98. The predicted molar refractivity (Wildman–Crippen MR) is 133 cm³/mol. The van der Waals surface area contributed by atoms with Crippen LogP contribution >= 0.6 is 11.8 Å². The lowest BCUT2D eigenvalue weighted by Crippen LogP contribution is -2.26. The number of hydrogen-bond donors (Lipinski definition) is 0. The molecule has 4 heteroatoms. The van der Waals surface area contributed by atoms with Crippen molar-refractivity contribution in [1.29, 1.82) is 0 Å². The molecule has 3 rings (SSSR count). The standard InChI is InChI=1S/C28H32O3S/c1-3-4-5-9-20-32-27-18-14-25(15-19-27)24-12-16-26(17-13-24)31-22(2)28(29)30-21-23-10-7-6-8-11-23/h6-8,10-19,22H,3-5,9,20-21H2,1-2H3/t22-/m1/s1. The summed E-state index contributed by atoms with van der Waals surface area (Å²) >= 11 is 1.93. The summed E-state index contributed by atoms with van der Waals surface area (Å²) in [6.07, 6.45) is 4.53. The molecule has 0 aliphatic rings. The molecule has 0 amide bonds. The summed E-state index contributed by atoms with van der Waals surface area (Å²) < 4.78 is 11.1. The fourth-order valence-corrected chi connectivity index (χ4v) is 4.20. The molecule has 0 radical (unpaired) electrons. The number of esters is 1. The average Bonchev–Trinajstić information content (AvgIpc) is 2.84. The Hall–Kier alpha value is -2.72. The van der Waals surface area contributed by atoms with E-state index in [-0.39, 0.29) is 12.6 Å². The number of ether oxygens (including phenoxy) is 2. The maximum Gasteiger partial charge on any atom is 0.347 e. The fourth-order valence-electron chi connectivity index (χ4n) is 3.29. The van der Waals surface area contributed by atoms with Crippen LogP contribution in [0.5, 0.6) is 5.75 Å². The highest BCUT2D eigenvalue weighted by molar-refractivity contribution is 7.99. The van der Waals surface area contributed by atoms with Crippen LogP contribution in [0.3, 0.4) is 0 Å². The van der Waals surface area contributed by atoms with Crippen molar-refractivity contribution in [2.24, 2.45) is 0 Å². The molecule has 0 saturated carbocycles. The van der Waals surface area contributed by atoms with Crippen LogP contribution in [0.4, 0.5) is 0 Å². The Bertz CT molecular complexity index is 937. The van der Waals surface area contributed by atoms with Crippen molar-refractivity contribution in [2.75, 3.05) is 5.75 Å². The summed E-state index contributed by atoms with van der Waals surface area (Å²) in [4.78, 5) is 13.5. The van der Waals surface area contributed by atoms with Crippen molar-refractivity contribution in [1.82, 2.24) is 0 Å². The molecule has 0 spiro atoms. The van der Waals surface area contributed by atoms with Crippen molar-refractivity contribution >= 4 is 17.7 Å². The van der Waals surface area contributed by atoms with Crippen molar-refractivity contribution in [3.63, 3.8) is 0 Å². The smallest absolute Gasteiger partial charge is 0.347 e. The summed E-state index contributed by atoms with van der Waals surface area (Å²) in [6.45, 7) is 4.20. The molecule has 0 saturated heterocycles. The monoisotopic (exact) mass is 448 g/mol. The quantitative estimate of drug-likeness (QED) is 0.163. The number of carbonyl (C=O) groups is 1. The van der Waals surface area contributed by atoms with Gasteiger partial charge in [-0.3, -0.25) is 0 Å². The minimum Gasteiger partial charge on any atom is -0.479 e. The number of unbranched alkanes of at least 4 members (excludes halogenated alkanes) is 3. The van der Waals surface area contributed by atoms with E-state index in [1.54, 1.807) is 6.92 Å². The van der Waals surface area contributed by atoms with E-state index < -0.39 is 6.10 Å². The maximum absolute atomic E-state index is 12.2. The van der Waals surface area contributed by atoms with E-state index in [0.717, 1.165) is 11.1 Å². The number of rotatable bonds is 12. The van der Waals surface area contributed by atoms with Crippen LogP contribution in [0.25, 0.3) is 11.1 Å². The predicted octanol–water partition coefficient (Wildman–Crippen LogP) is 7.54. The molecule has 0 aliphatic carbocycles. The van der Waals surface area contributed by atoms with Gasteiger partial charge in [0.25, 0.3) is 0 Å². The summed E-state index contributed by atoms with van der Waals surface area (Å²) in [5.74, 6) is 1.45. The zero-order chi connectivity index (χ0) is 22.6. The summed E-state index contributed by atoms with van der Waals surface area (Å²) in [5, 5.41) is 0. The second kappa shape index (κ2) is 13.0. The molecule has 1 atom stereocenters. The summed E-state index contributed by atoms with van der Waals surface area (Å²) in [6, 6.07) is 26.2. The van der Waals surface area contributed by atoms with Gasteiger partial charge in [-0.05, 0) is 60.1 Å². The zero-order valence-corrected chi connectivity index (χ0v) is 19.8. The molecule has 32 heavy (non-hydrogen) atoms. The molecule has 0 bridgehead atoms. The van der Waals surface area contributed by atoms with Gasteiger partial charge in [0.1, 0.15) is 12.4 Å². The molecule has 3 nitrogen and oxygen atoms in total. The largest absolute Gasteiger partial charge is 0.479 e. The van der Waals surface area contributed by atoms with E-state index in [9.17, 15) is 4.79 Å². The van der Waals surface area contributed by atoms with Gasteiger partial charge in [-0.2, -0.15) is 0 Å². The average molecular weight is 449 g/mol. The van der Waals surface area contributed by atoms with E-state index >= 15 is 0 Å². The van der Waals surface area contributed by atoms with Crippen molar-refractivity contribution in [3.05, 3.63) is 84.4 Å². The third kappa shape index (κ3) is 7.76. The lowest BCUT2D eigenvalue weighted by atomic mass is 10.1. The van der Waals surface area contributed by atoms with Crippen molar-refractivity contribution in [3.8, 4) is 16.9 Å². The van der Waals surface area contributed by atoms with Gasteiger partial charge in [-0.15, -0.1) is 11.8 Å². The topological polar surface area (TPSA) is 35.5 Å². The third-order valence-corrected chi connectivity index (χ3v) is 6.28. The van der Waals surface area contributed by atoms with Crippen LogP contribution < -0.4 is 4.74 Å². The first-order valence-corrected chi connectivity index (χ1v) is 12.3. The summed E-state index contributed by atoms with van der Waals surface area (Å²) in [5.41, 5.74) is 3.25. The normalized spacial score (nSPS) is 11.7.